The van der Waals surface area contributed by atoms with E-state index >= 15 is 0 Å². The molecule has 6 nitrogen and oxygen atoms in total. The zero-order chi connectivity index (χ0) is 12.7. The third-order valence-corrected chi connectivity index (χ3v) is 2.34. The molecule has 0 heterocycles. The summed E-state index contributed by atoms with van der Waals surface area (Å²) < 4.78 is 8.62. The minimum atomic E-state index is -0.658. The molecule has 0 amide bonds. The Morgan fingerprint density at radius 2 is 1.41 bits per heavy atom. The van der Waals surface area contributed by atoms with Crippen LogP contribution < -0.4 is 0 Å². The van der Waals surface area contributed by atoms with Gasteiger partial charge in [0.2, 0.25) is 0 Å². The molecule has 1 aliphatic carbocycles. The Kier molecular flexibility index (Phi) is 4.86. The number of carbonyl (C=O) groups is 2. The number of rotatable bonds is 6. The van der Waals surface area contributed by atoms with E-state index in [0.717, 1.165) is 12.8 Å². The number of aliphatic hydroxyl groups is 2. The molecule has 0 unspecified atom stereocenters. The van der Waals surface area contributed by atoms with E-state index in [-0.39, 0.29) is 5.41 Å². The maximum Gasteiger partial charge on any atom is 0.332 e. The molecule has 6 heteroatoms. The first kappa shape index (κ1) is 13.4. The molecule has 1 rings (SSSR count). The van der Waals surface area contributed by atoms with Gasteiger partial charge in [0, 0.05) is 17.6 Å². The largest absolute Gasteiger partial charge is 0.436 e. The monoisotopic (exact) mass is 242 g/mol. The van der Waals surface area contributed by atoms with Crippen molar-refractivity contribution in [2.45, 2.75) is 12.8 Å². The predicted octanol–water partition coefficient (Wildman–Crippen LogP) is -0.135. The molecule has 94 valence electrons. The summed E-state index contributed by atoms with van der Waals surface area (Å²) in [5, 5.41) is 16.7. The maximum absolute atomic E-state index is 10.9. The quantitative estimate of drug-likeness (QED) is 0.383. The average molecular weight is 242 g/mol. The molecule has 0 aromatic rings. The minimum absolute atomic E-state index is 0.317. The smallest absolute Gasteiger partial charge is 0.332 e. The van der Waals surface area contributed by atoms with E-state index in [4.69, 9.17) is 10.2 Å². The summed E-state index contributed by atoms with van der Waals surface area (Å²) in [6, 6.07) is 0. The van der Waals surface area contributed by atoms with Crippen LogP contribution in [0.1, 0.15) is 12.8 Å². The topological polar surface area (TPSA) is 93.1 Å². The molecule has 1 aliphatic rings. The molecule has 0 aromatic heterocycles. The first-order valence-electron chi connectivity index (χ1n) is 5.05. The second-order valence-corrected chi connectivity index (χ2v) is 3.58. The van der Waals surface area contributed by atoms with Crippen molar-refractivity contribution in [2.24, 2.45) is 5.41 Å². The van der Waals surface area contributed by atoms with E-state index in [0.29, 0.717) is 0 Å². The third-order valence-electron chi connectivity index (χ3n) is 2.34. The lowest BCUT2D eigenvalue weighted by Gasteiger charge is -2.02. The van der Waals surface area contributed by atoms with Crippen molar-refractivity contribution in [3.8, 4) is 0 Å². The van der Waals surface area contributed by atoms with Gasteiger partial charge in [-0.15, -0.1) is 0 Å². The first-order valence-corrected chi connectivity index (χ1v) is 5.05. The zero-order valence-electron chi connectivity index (χ0n) is 9.17. The summed E-state index contributed by atoms with van der Waals surface area (Å²) >= 11 is 0. The number of ether oxygens (including phenoxy) is 2. The van der Waals surface area contributed by atoms with Crippen molar-refractivity contribution < 1.29 is 29.3 Å². The van der Waals surface area contributed by atoms with Crippen molar-refractivity contribution in [1.82, 2.24) is 0 Å². The summed E-state index contributed by atoms with van der Waals surface area (Å²) in [4.78, 5) is 21.9. The number of hydrogen-bond acceptors (Lipinski definition) is 6. The molecule has 2 N–H and O–H groups in total. The normalized spacial score (nSPS) is 17.3. The van der Waals surface area contributed by atoms with E-state index in [1.54, 1.807) is 12.2 Å². The van der Waals surface area contributed by atoms with Gasteiger partial charge in [0.1, 0.15) is 0 Å². The second kappa shape index (κ2) is 6.17. The van der Waals surface area contributed by atoms with Gasteiger partial charge in [-0.25, -0.2) is 9.59 Å². The molecule has 0 atom stereocenters. The highest BCUT2D eigenvalue weighted by Gasteiger charge is 2.37. The molecule has 0 aromatic carbocycles. The first-order chi connectivity index (χ1) is 8.12. The molecule has 1 fully saturated rings. The lowest BCUT2D eigenvalue weighted by atomic mass is 10.1. The van der Waals surface area contributed by atoms with Crippen LogP contribution in [0.3, 0.4) is 0 Å². The second-order valence-electron chi connectivity index (χ2n) is 3.58. The van der Waals surface area contributed by atoms with Crippen molar-refractivity contribution in [3.63, 3.8) is 0 Å². The third kappa shape index (κ3) is 4.80. The average Bonchev–Trinajstić information content (AvgIpc) is 3.06. The van der Waals surface area contributed by atoms with Crippen LogP contribution in [-0.2, 0) is 19.1 Å². The van der Waals surface area contributed by atoms with Gasteiger partial charge in [0.05, 0.1) is 0 Å². The maximum atomic E-state index is 10.9. The van der Waals surface area contributed by atoms with Crippen molar-refractivity contribution in [3.05, 3.63) is 24.3 Å². The molecule has 0 aliphatic heterocycles. The summed E-state index contributed by atoms with van der Waals surface area (Å²) in [6.07, 6.45) is 7.30. The lowest BCUT2D eigenvalue weighted by molar-refractivity contribution is -0.146. The van der Waals surface area contributed by atoms with E-state index in [9.17, 15) is 9.59 Å². The van der Waals surface area contributed by atoms with Crippen LogP contribution in [0.5, 0.6) is 0 Å². The Balaban J connectivity index is 2.47. The lowest BCUT2D eigenvalue weighted by Crippen LogP contribution is -2.04. The van der Waals surface area contributed by atoms with Gasteiger partial charge in [-0.3, -0.25) is 0 Å². The summed E-state index contributed by atoms with van der Waals surface area (Å²) in [5.41, 5.74) is -0.317. The standard InChI is InChI=1S/C11H14O6/c12-7-16-9(14)1-3-11(5-6-11)4-2-10(15)17-8-13/h1-4,12-13H,5-8H2. The molecular formula is C11H14O6. The fourth-order valence-corrected chi connectivity index (χ4v) is 1.22. The van der Waals surface area contributed by atoms with Crippen LogP contribution in [0.2, 0.25) is 0 Å². The van der Waals surface area contributed by atoms with Gasteiger partial charge in [-0.2, -0.15) is 0 Å². The molecule has 0 saturated heterocycles. The van der Waals surface area contributed by atoms with Crippen molar-refractivity contribution in [2.75, 3.05) is 13.6 Å². The van der Waals surface area contributed by atoms with Crippen LogP contribution in [-0.4, -0.2) is 35.7 Å². The van der Waals surface area contributed by atoms with Crippen molar-refractivity contribution in [1.29, 1.82) is 0 Å². The highest BCUT2D eigenvalue weighted by Crippen LogP contribution is 2.48. The van der Waals surface area contributed by atoms with Crippen LogP contribution in [0, 0.1) is 5.41 Å². The van der Waals surface area contributed by atoms with Crippen LogP contribution in [0.15, 0.2) is 24.3 Å². The Labute approximate surface area is 98.1 Å². The number of hydrogen-bond donors (Lipinski definition) is 2. The van der Waals surface area contributed by atoms with Crippen LogP contribution in [0.4, 0.5) is 0 Å². The van der Waals surface area contributed by atoms with Gasteiger partial charge in [0.15, 0.2) is 13.6 Å². The highest BCUT2D eigenvalue weighted by molar-refractivity contribution is 5.83. The number of allylic oxidation sites excluding steroid dienone is 2. The number of esters is 2. The van der Waals surface area contributed by atoms with Gasteiger partial charge in [-0.05, 0) is 12.8 Å². The molecular weight excluding hydrogens is 228 g/mol. The fraction of sp³-hybridized carbons (Fsp3) is 0.455. The Bertz CT molecular complexity index is 310. The minimum Gasteiger partial charge on any atom is -0.436 e. The van der Waals surface area contributed by atoms with Crippen LogP contribution in [0.25, 0.3) is 0 Å². The van der Waals surface area contributed by atoms with E-state index in [1.807, 2.05) is 0 Å². The van der Waals surface area contributed by atoms with Gasteiger partial charge < -0.3 is 19.7 Å². The van der Waals surface area contributed by atoms with Crippen molar-refractivity contribution >= 4 is 11.9 Å². The molecule has 0 radical (unpaired) electrons. The predicted molar refractivity (Wildman–Crippen MR) is 56.3 cm³/mol. The molecule has 0 spiro atoms. The summed E-state index contributed by atoms with van der Waals surface area (Å²) in [6.45, 7) is -1.32. The van der Waals surface area contributed by atoms with Gasteiger partial charge >= 0.3 is 11.9 Å². The summed E-state index contributed by atoms with van der Waals surface area (Å²) in [5.74, 6) is -1.27. The number of carbonyl (C=O) groups excluding carboxylic acids is 2. The Morgan fingerprint density at radius 3 is 1.71 bits per heavy atom. The fourth-order valence-electron chi connectivity index (χ4n) is 1.22. The van der Waals surface area contributed by atoms with E-state index in [2.05, 4.69) is 9.47 Å². The van der Waals surface area contributed by atoms with E-state index in [1.165, 1.54) is 12.2 Å². The molecule has 17 heavy (non-hydrogen) atoms. The SMILES string of the molecule is O=C(C=CC1(C=CC(=O)OCO)CC1)OCO. The van der Waals surface area contributed by atoms with E-state index < -0.39 is 25.5 Å². The number of aliphatic hydroxyl groups excluding tert-OH is 2. The molecule has 1 saturated carbocycles. The molecule has 0 bridgehead atoms. The van der Waals surface area contributed by atoms with Crippen LogP contribution >= 0.6 is 0 Å². The Hall–Kier alpha value is -1.66. The Morgan fingerprint density at radius 1 is 1.00 bits per heavy atom. The van der Waals surface area contributed by atoms with Gasteiger partial charge in [0.25, 0.3) is 0 Å². The highest BCUT2D eigenvalue weighted by atomic mass is 16.6. The summed E-state index contributed by atoms with van der Waals surface area (Å²) in [7, 11) is 0. The zero-order valence-corrected chi connectivity index (χ0v) is 9.17. The van der Waals surface area contributed by atoms with Gasteiger partial charge in [-0.1, -0.05) is 12.2 Å².